The van der Waals surface area contributed by atoms with E-state index in [1.54, 1.807) is 12.1 Å². The molecule has 2 aromatic rings. The van der Waals surface area contributed by atoms with E-state index in [1.165, 1.54) is 17.8 Å². The molecule has 7 heteroatoms. The van der Waals surface area contributed by atoms with E-state index < -0.39 is 0 Å². The molecule has 2 fully saturated rings. The van der Waals surface area contributed by atoms with Gasteiger partial charge in [-0.25, -0.2) is 4.98 Å². The molecule has 1 N–H and O–H groups in total. The molecule has 2 aliphatic heterocycles. The molecule has 0 atom stereocenters. The summed E-state index contributed by atoms with van der Waals surface area (Å²) in [7, 11) is 0. The maximum atomic E-state index is 12.8. The normalized spacial score (nSPS) is 19.5. The summed E-state index contributed by atoms with van der Waals surface area (Å²) < 4.78 is 0. The minimum atomic E-state index is 0.0309. The van der Waals surface area contributed by atoms with Gasteiger partial charge in [-0.2, -0.15) is 0 Å². The number of likely N-dealkylation sites (tertiary alicyclic amines) is 1. The maximum Gasteiger partial charge on any atom is 0.273 e. The first-order chi connectivity index (χ1) is 12.1. The molecule has 1 aromatic carbocycles. The molecule has 2 saturated heterocycles. The van der Waals surface area contributed by atoms with Crippen molar-refractivity contribution in [3.05, 3.63) is 39.3 Å². The van der Waals surface area contributed by atoms with Crippen LogP contribution in [0.1, 0.15) is 29.8 Å². The molecule has 4 rings (SSSR count). The van der Waals surface area contributed by atoms with Crippen molar-refractivity contribution in [2.75, 3.05) is 26.2 Å². The van der Waals surface area contributed by atoms with Gasteiger partial charge in [-0.05, 0) is 43.4 Å². The third kappa shape index (κ3) is 3.43. The highest BCUT2D eigenvalue weighted by molar-refractivity contribution is 7.13. The van der Waals surface area contributed by atoms with Crippen LogP contribution in [-0.4, -0.2) is 42.0 Å². The van der Waals surface area contributed by atoms with E-state index in [4.69, 9.17) is 23.2 Å². The van der Waals surface area contributed by atoms with Gasteiger partial charge in [0.2, 0.25) is 0 Å². The number of nitrogens with zero attached hydrogens (tertiary/aromatic N) is 2. The number of thiazole rings is 1. The zero-order valence-electron chi connectivity index (χ0n) is 13.7. The van der Waals surface area contributed by atoms with E-state index in [2.05, 4.69) is 10.3 Å². The highest BCUT2D eigenvalue weighted by atomic mass is 35.5. The van der Waals surface area contributed by atoms with Gasteiger partial charge < -0.3 is 10.2 Å². The Hall–Kier alpha value is -1.14. The third-order valence-corrected chi connectivity index (χ3v) is 6.96. The van der Waals surface area contributed by atoms with Crippen molar-refractivity contribution in [3.8, 4) is 10.6 Å². The number of hydrogen-bond acceptors (Lipinski definition) is 4. The van der Waals surface area contributed by atoms with Gasteiger partial charge in [-0.1, -0.05) is 29.3 Å². The highest BCUT2D eigenvalue weighted by Gasteiger charge is 2.38. The minimum absolute atomic E-state index is 0.0309. The molecular weight excluding hydrogens is 377 g/mol. The number of aromatic nitrogens is 1. The average Bonchev–Trinajstić information content (AvgIpc) is 3.28. The van der Waals surface area contributed by atoms with Gasteiger partial charge in [0.25, 0.3) is 5.91 Å². The second-order valence-electron chi connectivity index (χ2n) is 6.89. The second-order valence-corrected chi connectivity index (χ2v) is 8.56. The molecule has 1 aromatic heterocycles. The molecule has 1 spiro atoms. The molecule has 0 radical (unpaired) electrons. The van der Waals surface area contributed by atoms with Crippen LogP contribution in [0.15, 0.2) is 23.6 Å². The van der Waals surface area contributed by atoms with E-state index in [0.717, 1.165) is 49.6 Å². The van der Waals surface area contributed by atoms with Crippen LogP contribution in [0.3, 0.4) is 0 Å². The van der Waals surface area contributed by atoms with Crippen LogP contribution in [0.25, 0.3) is 10.6 Å². The minimum Gasteiger partial charge on any atom is -0.337 e. The largest absolute Gasteiger partial charge is 0.337 e. The average molecular weight is 396 g/mol. The number of hydrogen-bond donors (Lipinski definition) is 1. The van der Waals surface area contributed by atoms with Crippen molar-refractivity contribution in [2.24, 2.45) is 5.41 Å². The van der Waals surface area contributed by atoms with E-state index in [0.29, 0.717) is 21.2 Å². The van der Waals surface area contributed by atoms with Crippen LogP contribution in [0.5, 0.6) is 0 Å². The fourth-order valence-corrected chi connectivity index (χ4v) is 4.79. The number of carbonyl (C=O) groups is 1. The predicted octanol–water partition coefficient (Wildman–Crippen LogP) is 4.33. The Labute approximate surface area is 161 Å². The molecule has 25 heavy (non-hydrogen) atoms. The van der Waals surface area contributed by atoms with Crippen LogP contribution < -0.4 is 5.32 Å². The molecule has 1 amide bonds. The van der Waals surface area contributed by atoms with Crippen LogP contribution in [0.2, 0.25) is 10.0 Å². The summed E-state index contributed by atoms with van der Waals surface area (Å²) in [5.41, 5.74) is 1.81. The molecular formula is C18H19Cl2N3OS. The van der Waals surface area contributed by atoms with Crippen LogP contribution in [0, 0.1) is 5.41 Å². The van der Waals surface area contributed by atoms with E-state index in [-0.39, 0.29) is 5.91 Å². The summed E-state index contributed by atoms with van der Waals surface area (Å²) in [5, 5.41) is 7.09. The lowest BCUT2D eigenvalue weighted by molar-refractivity contribution is 0.0603. The Morgan fingerprint density at radius 1 is 1.20 bits per heavy atom. The number of amides is 1. The van der Waals surface area contributed by atoms with Crippen LogP contribution >= 0.6 is 34.5 Å². The fourth-order valence-electron chi connectivity index (χ4n) is 3.70. The Morgan fingerprint density at radius 3 is 2.68 bits per heavy atom. The Balaban J connectivity index is 1.46. The zero-order valence-corrected chi connectivity index (χ0v) is 16.1. The molecule has 0 unspecified atom stereocenters. The van der Waals surface area contributed by atoms with E-state index in [9.17, 15) is 4.79 Å². The summed E-state index contributed by atoms with van der Waals surface area (Å²) in [6, 6.07) is 5.41. The SMILES string of the molecule is O=C(c1csc(-c2ccc(Cl)c(Cl)c2)n1)N1CCC2(CCNC2)CC1. The number of carbonyl (C=O) groups excluding carboxylic acids is 1. The summed E-state index contributed by atoms with van der Waals surface area (Å²) in [6.07, 6.45) is 3.39. The van der Waals surface area contributed by atoms with Gasteiger partial charge in [0.05, 0.1) is 10.0 Å². The van der Waals surface area contributed by atoms with Crippen molar-refractivity contribution in [1.29, 1.82) is 0 Å². The zero-order chi connectivity index (χ0) is 17.4. The van der Waals surface area contributed by atoms with Crippen molar-refractivity contribution < 1.29 is 4.79 Å². The first-order valence-electron chi connectivity index (χ1n) is 8.47. The van der Waals surface area contributed by atoms with Gasteiger partial charge in [0.15, 0.2) is 0 Å². The number of benzene rings is 1. The lowest BCUT2D eigenvalue weighted by atomic mass is 9.78. The van der Waals surface area contributed by atoms with Gasteiger partial charge >= 0.3 is 0 Å². The topological polar surface area (TPSA) is 45.2 Å². The molecule has 0 saturated carbocycles. The standard InChI is InChI=1S/C18H19Cl2N3OS/c19-13-2-1-12(9-14(13)20)16-22-15(10-25-16)17(24)23-7-4-18(5-8-23)3-6-21-11-18/h1-2,9-10,21H,3-8,11H2. The van der Waals surface area contributed by atoms with E-state index >= 15 is 0 Å². The van der Waals surface area contributed by atoms with Crippen molar-refractivity contribution in [3.63, 3.8) is 0 Å². The van der Waals surface area contributed by atoms with E-state index in [1.807, 2.05) is 16.3 Å². The third-order valence-electron chi connectivity index (χ3n) is 5.33. The Morgan fingerprint density at radius 2 is 2.00 bits per heavy atom. The molecule has 132 valence electrons. The van der Waals surface area contributed by atoms with Crippen molar-refractivity contribution in [1.82, 2.24) is 15.2 Å². The lowest BCUT2D eigenvalue weighted by Gasteiger charge is -2.38. The summed E-state index contributed by atoms with van der Waals surface area (Å²) in [5.74, 6) is 0.0309. The second kappa shape index (κ2) is 6.88. The highest BCUT2D eigenvalue weighted by Crippen LogP contribution is 2.37. The Kier molecular flexibility index (Phi) is 4.75. The molecule has 4 nitrogen and oxygen atoms in total. The number of piperidine rings is 1. The Bertz CT molecular complexity index is 791. The van der Waals surface area contributed by atoms with Gasteiger partial charge in [-0.15, -0.1) is 11.3 Å². The summed E-state index contributed by atoms with van der Waals surface area (Å²) >= 11 is 13.5. The van der Waals surface area contributed by atoms with Crippen LogP contribution in [-0.2, 0) is 0 Å². The number of halogens is 2. The molecule has 0 aliphatic carbocycles. The molecule has 3 heterocycles. The van der Waals surface area contributed by atoms with Crippen LogP contribution in [0.4, 0.5) is 0 Å². The summed E-state index contributed by atoms with van der Waals surface area (Å²) in [4.78, 5) is 19.2. The molecule has 2 aliphatic rings. The maximum absolute atomic E-state index is 12.8. The fraction of sp³-hybridized carbons (Fsp3) is 0.444. The lowest BCUT2D eigenvalue weighted by Crippen LogP contribution is -2.44. The summed E-state index contributed by atoms with van der Waals surface area (Å²) in [6.45, 7) is 3.83. The van der Waals surface area contributed by atoms with Gasteiger partial charge in [-0.3, -0.25) is 4.79 Å². The van der Waals surface area contributed by atoms with Gasteiger partial charge in [0, 0.05) is 30.6 Å². The monoisotopic (exact) mass is 395 g/mol. The molecule has 0 bridgehead atoms. The quantitative estimate of drug-likeness (QED) is 0.822. The number of nitrogens with one attached hydrogen (secondary N) is 1. The first kappa shape index (κ1) is 17.3. The predicted molar refractivity (Wildman–Crippen MR) is 103 cm³/mol. The van der Waals surface area contributed by atoms with Crippen molar-refractivity contribution >= 4 is 40.4 Å². The first-order valence-corrected chi connectivity index (χ1v) is 10.1. The smallest absolute Gasteiger partial charge is 0.273 e. The van der Waals surface area contributed by atoms with Gasteiger partial charge in [0.1, 0.15) is 10.7 Å². The van der Waals surface area contributed by atoms with Crippen molar-refractivity contribution in [2.45, 2.75) is 19.3 Å². The number of rotatable bonds is 2.